The summed E-state index contributed by atoms with van der Waals surface area (Å²) >= 11 is 3.07. The zero-order valence-corrected chi connectivity index (χ0v) is 9.14. The maximum atomic E-state index is 12.7. The highest BCUT2D eigenvalue weighted by molar-refractivity contribution is 9.12. The lowest BCUT2D eigenvalue weighted by molar-refractivity contribution is -0.112. The molecule has 4 heteroatoms. The summed E-state index contributed by atoms with van der Waals surface area (Å²) < 4.78 is 13.1. The molecule has 0 aromatic heterocycles. The maximum absolute atomic E-state index is 12.7. The Morgan fingerprint density at radius 2 is 2.29 bits per heavy atom. The molecule has 0 fully saturated rings. The van der Waals surface area contributed by atoms with Crippen molar-refractivity contribution in [2.45, 2.75) is 6.92 Å². The first kappa shape index (κ1) is 10.9. The summed E-state index contributed by atoms with van der Waals surface area (Å²) in [5.74, 6) is -0.669. The van der Waals surface area contributed by atoms with Crippen LogP contribution in [0.1, 0.15) is 6.92 Å². The Labute approximate surface area is 89.9 Å². The molecule has 2 nitrogen and oxygen atoms in total. The van der Waals surface area contributed by atoms with Crippen molar-refractivity contribution in [2.75, 3.05) is 5.32 Å². The van der Waals surface area contributed by atoms with Gasteiger partial charge < -0.3 is 5.32 Å². The lowest BCUT2D eigenvalue weighted by atomic mass is 10.3. The SMILES string of the molecule is C/C=C(\Br)C(=O)Nc1cccc(F)c1. The van der Waals surface area contributed by atoms with Crippen LogP contribution >= 0.6 is 15.9 Å². The van der Waals surface area contributed by atoms with Gasteiger partial charge in [-0.1, -0.05) is 12.1 Å². The minimum Gasteiger partial charge on any atom is -0.321 e. The van der Waals surface area contributed by atoms with E-state index in [4.69, 9.17) is 0 Å². The average molecular weight is 258 g/mol. The highest BCUT2D eigenvalue weighted by atomic mass is 79.9. The molecule has 1 rings (SSSR count). The van der Waals surface area contributed by atoms with Gasteiger partial charge in [-0.05, 0) is 41.1 Å². The minimum absolute atomic E-state index is 0.293. The van der Waals surface area contributed by atoms with E-state index >= 15 is 0 Å². The molecule has 0 unspecified atom stereocenters. The Bertz CT molecular complexity index is 376. The molecule has 0 aliphatic heterocycles. The zero-order valence-electron chi connectivity index (χ0n) is 7.55. The van der Waals surface area contributed by atoms with E-state index in [0.29, 0.717) is 10.2 Å². The summed E-state index contributed by atoms with van der Waals surface area (Å²) in [5.41, 5.74) is 0.439. The Balaban J connectivity index is 2.75. The molecule has 1 aromatic rings. The van der Waals surface area contributed by atoms with Gasteiger partial charge in [0.15, 0.2) is 0 Å². The van der Waals surface area contributed by atoms with Crippen molar-refractivity contribution in [1.29, 1.82) is 0 Å². The van der Waals surface area contributed by atoms with Crippen molar-refractivity contribution in [3.05, 3.63) is 40.6 Å². The first-order chi connectivity index (χ1) is 6.63. The molecule has 0 aliphatic rings. The van der Waals surface area contributed by atoms with Crippen LogP contribution in [-0.2, 0) is 4.79 Å². The van der Waals surface area contributed by atoms with E-state index < -0.39 is 0 Å². The molecule has 0 bridgehead atoms. The molecular formula is C10H9BrFNO. The first-order valence-electron chi connectivity index (χ1n) is 4.02. The molecule has 0 radical (unpaired) electrons. The second-order valence-electron chi connectivity index (χ2n) is 2.60. The van der Waals surface area contributed by atoms with Gasteiger partial charge in [0.05, 0.1) is 4.48 Å². The van der Waals surface area contributed by atoms with Gasteiger partial charge in [0, 0.05) is 5.69 Å². The van der Waals surface area contributed by atoms with Gasteiger partial charge in [-0.25, -0.2) is 4.39 Å². The molecule has 0 spiro atoms. The molecule has 0 atom stereocenters. The third kappa shape index (κ3) is 2.96. The number of allylic oxidation sites excluding steroid dienone is 1. The van der Waals surface area contributed by atoms with Gasteiger partial charge in [0.25, 0.3) is 5.91 Å². The highest BCUT2D eigenvalue weighted by Gasteiger charge is 2.05. The Hall–Kier alpha value is -1.16. The van der Waals surface area contributed by atoms with Gasteiger partial charge in [-0.15, -0.1) is 0 Å². The lowest BCUT2D eigenvalue weighted by Gasteiger charge is -2.03. The average Bonchev–Trinajstić information content (AvgIpc) is 2.16. The van der Waals surface area contributed by atoms with E-state index in [1.54, 1.807) is 19.1 Å². The van der Waals surface area contributed by atoms with E-state index in [-0.39, 0.29) is 11.7 Å². The monoisotopic (exact) mass is 257 g/mol. The predicted molar refractivity (Wildman–Crippen MR) is 57.7 cm³/mol. The van der Waals surface area contributed by atoms with Gasteiger partial charge in [-0.2, -0.15) is 0 Å². The van der Waals surface area contributed by atoms with Crippen molar-refractivity contribution in [3.8, 4) is 0 Å². The summed E-state index contributed by atoms with van der Waals surface area (Å²) in [6.45, 7) is 1.73. The maximum Gasteiger partial charge on any atom is 0.262 e. The van der Waals surface area contributed by atoms with Crippen LogP contribution in [0.2, 0.25) is 0 Å². The van der Waals surface area contributed by atoms with Crippen molar-refractivity contribution in [3.63, 3.8) is 0 Å². The van der Waals surface area contributed by atoms with Crippen molar-refractivity contribution in [2.24, 2.45) is 0 Å². The van der Waals surface area contributed by atoms with E-state index in [2.05, 4.69) is 21.2 Å². The summed E-state index contributed by atoms with van der Waals surface area (Å²) in [6.07, 6.45) is 1.62. The van der Waals surface area contributed by atoms with Crippen LogP contribution in [0.4, 0.5) is 10.1 Å². The number of hydrogen-bond acceptors (Lipinski definition) is 1. The van der Waals surface area contributed by atoms with Crippen molar-refractivity contribution < 1.29 is 9.18 Å². The van der Waals surface area contributed by atoms with Crippen LogP contribution < -0.4 is 5.32 Å². The van der Waals surface area contributed by atoms with Crippen LogP contribution in [0.3, 0.4) is 0 Å². The van der Waals surface area contributed by atoms with Gasteiger partial charge >= 0.3 is 0 Å². The Kier molecular flexibility index (Phi) is 3.83. The van der Waals surface area contributed by atoms with E-state index in [0.717, 1.165) is 0 Å². The predicted octanol–water partition coefficient (Wildman–Crippen LogP) is 3.06. The quantitative estimate of drug-likeness (QED) is 0.811. The first-order valence-corrected chi connectivity index (χ1v) is 4.81. The molecule has 0 heterocycles. The van der Waals surface area contributed by atoms with E-state index in [1.807, 2.05) is 0 Å². The number of nitrogens with one attached hydrogen (secondary N) is 1. The molecule has 14 heavy (non-hydrogen) atoms. The standard InChI is InChI=1S/C10H9BrFNO/c1-2-9(11)10(14)13-8-5-3-4-7(12)6-8/h2-6H,1H3,(H,13,14)/b9-2-. The lowest BCUT2D eigenvalue weighted by Crippen LogP contribution is -2.10. The largest absolute Gasteiger partial charge is 0.321 e. The van der Waals surface area contributed by atoms with Crippen LogP contribution in [0.5, 0.6) is 0 Å². The molecule has 0 saturated heterocycles. The number of benzene rings is 1. The van der Waals surface area contributed by atoms with Gasteiger partial charge in [0.2, 0.25) is 0 Å². The van der Waals surface area contributed by atoms with Crippen LogP contribution in [0.25, 0.3) is 0 Å². The summed E-state index contributed by atoms with van der Waals surface area (Å²) in [4.78, 5) is 11.3. The number of carbonyl (C=O) groups excluding carboxylic acids is 1. The summed E-state index contributed by atoms with van der Waals surface area (Å²) in [7, 11) is 0. The third-order valence-electron chi connectivity index (χ3n) is 1.55. The van der Waals surface area contributed by atoms with Crippen LogP contribution in [0, 0.1) is 5.82 Å². The molecule has 0 aliphatic carbocycles. The fraction of sp³-hybridized carbons (Fsp3) is 0.100. The van der Waals surface area contributed by atoms with Crippen LogP contribution in [0.15, 0.2) is 34.8 Å². The number of halogens is 2. The van der Waals surface area contributed by atoms with Gasteiger partial charge in [0.1, 0.15) is 5.82 Å². The molecule has 0 saturated carbocycles. The molecule has 74 valence electrons. The smallest absolute Gasteiger partial charge is 0.262 e. The number of carbonyl (C=O) groups is 1. The molecule has 1 amide bonds. The fourth-order valence-corrected chi connectivity index (χ4v) is 0.987. The highest BCUT2D eigenvalue weighted by Crippen LogP contribution is 2.12. The fourth-order valence-electron chi connectivity index (χ4n) is 0.888. The molecule has 1 aromatic carbocycles. The second kappa shape index (κ2) is 4.91. The van der Waals surface area contributed by atoms with E-state index in [9.17, 15) is 9.18 Å². The minimum atomic E-state index is -0.376. The van der Waals surface area contributed by atoms with Crippen LogP contribution in [-0.4, -0.2) is 5.91 Å². The van der Waals surface area contributed by atoms with Gasteiger partial charge in [-0.3, -0.25) is 4.79 Å². The van der Waals surface area contributed by atoms with E-state index in [1.165, 1.54) is 18.2 Å². The summed E-state index contributed by atoms with van der Waals surface area (Å²) in [6, 6.07) is 5.74. The Morgan fingerprint density at radius 3 is 2.86 bits per heavy atom. The Morgan fingerprint density at radius 1 is 1.57 bits per heavy atom. The number of amides is 1. The zero-order chi connectivity index (χ0) is 10.6. The van der Waals surface area contributed by atoms with Crippen molar-refractivity contribution >= 4 is 27.5 Å². The topological polar surface area (TPSA) is 29.1 Å². The third-order valence-corrected chi connectivity index (χ3v) is 2.37. The van der Waals surface area contributed by atoms with Crippen molar-refractivity contribution in [1.82, 2.24) is 0 Å². The number of hydrogen-bond donors (Lipinski definition) is 1. The molecular weight excluding hydrogens is 249 g/mol. The second-order valence-corrected chi connectivity index (χ2v) is 3.46. The number of anilines is 1. The normalized spacial score (nSPS) is 11.2. The number of rotatable bonds is 2. The summed E-state index contributed by atoms with van der Waals surface area (Å²) in [5, 5.41) is 2.54. The molecule has 1 N–H and O–H groups in total.